The molecule has 1 aliphatic carbocycles. The zero-order valence-electron chi connectivity index (χ0n) is 21.0. The summed E-state index contributed by atoms with van der Waals surface area (Å²) in [7, 11) is 0. The number of rotatable bonds is 4. The Balaban J connectivity index is 1.29. The van der Waals surface area contributed by atoms with Gasteiger partial charge in [0, 0.05) is 0 Å². The van der Waals surface area contributed by atoms with Gasteiger partial charge in [-0.15, -0.1) is 0 Å². The van der Waals surface area contributed by atoms with Gasteiger partial charge >= 0.3 is 0 Å². The van der Waals surface area contributed by atoms with Crippen LogP contribution in [0.15, 0.2) is 115 Å². The molecule has 8 nitrogen and oxygen atoms in total. The van der Waals surface area contributed by atoms with Crippen LogP contribution in [0.1, 0.15) is 47.2 Å². The molecule has 4 aromatic carbocycles. The Bertz CT molecular complexity index is 1740. The van der Waals surface area contributed by atoms with Crippen LogP contribution in [0.25, 0.3) is 44.4 Å². The maximum atomic E-state index is 6.37. The maximum absolute atomic E-state index is 6.37. The van der Waals surface area contributed by atoms with Gasteiger partial charge in [0.2, 0.25) is 0 Å². The van der Waals surface area contributed by atoms with E-state index >= 15 is 0 Å². The van der Waals surface area contributed by atoms with Gasteiger partial charge in [0.25, 0.3) is 0 Å². The molecule has 1 fully saturated rings. The van der Waals surface area contributed by atoms with Crippen molar-refractivity contribution >= 4 is 44.4 Å². The SMILES string of the molecule is c1ccc2oc(C3C(c4nc5ccccc5o4)C(c4nc5ccccc5o4)C3c3nc4ccccc4o3)nc2c1. The molecule has 9 rings (SSSR count). The summed E-state index contributed by atoms with van der Waals surface area (Å²) in [6.07, 6.45) is 0. The topological polar surface area (TPSA) is 104 Å². The van der Waals surface area contributed by atoms with Crippen LogP contribution < -0.4 is 0 Å². The number of hydrogen-bond acceptors (Lipinski definition) is 8. The molecule has 0 unspecified atom stereocenters. The van der Waals surface area contributed by atoms with Gasteiger partial charge in [-0.2, -0.15) is 0 Å². The Morgan fingerprint density at radius 3 is 0.775 bits per heavy atom. The maximum Gasteiger partial charge on any atom is 0.200 e. The Morgan fingerprint density at radius 2 is 0.550 bits per heavy atom. The molecule has 0 N–H and O–H groups in total. The molecule has 192 valence electrons. The molecule has 8 aromatic rings. The smallest absolute Gasteiger partial charge is 0.200 e. The minimum absolute atomic E-state index is 0.284. The number of aromatic nitrogens is 4. The lowest BCUT2D eigenvalue weighted by Gasteiger charge is -2.45. The van der Waals surface area contributed by atoms with Crippen molar-refractivity contribution in [3.63, 3.8) is 0 Å². The van der Waals surface area contributed by atoms with Crippen molar-refractivity contribution in [2.45, 2.75) is 23.7 Å². The molecule has 0 radical (unpaired) electrons. The summed E-state index contributed by atoms with van der Waals surface area (Å²) in [4.78, 5) is 19.6. The van der Waals surface area contributed by atoms with Crippen molar-refractivity contribution in [2.75, 3.05) is 0 Å². The minimum Gasteiger partial charge on any atom is -0.440 e. The third-order valence-corrected chi connectivity index (χ3v) is 7.93. The zero-order chi connectivity index (χ0) is 26.2. The average Bonchev–Trinajstić information content (AvgIpc) is 3.75. The Kier molecular flexibility index (Phi) is 4.40. The van der Waals surface area contributed by atoms with Gasteiger partial charge < -0.3 is 17.7 Å². The van der Waals surface area contributed by atoms with E-state index in [-0.39, 0.29) is 23.7 Å². The standard InChI is InChI=1S/C32H20N4O4/c1-5-13-21-17(9-1)33-29(37-21)25-26(30-34-18-10-2-6-14-22(18)38-30)28(32-36-20-12-4-8-16-24(20)40-32)27(25)31-35-19-11-3-7-15-23(19)39-31/h1-16,25-28H. The second-order valence-corrected chi connectivity index (χ2v) is 10.2. The van der Waals surface area contributed by atoms with Crippen molar-refractivity contribution in [1.82, 2.24) is 19.9 Å². The fourth-order valence-corrected chi connectivity index (χ4v) is 6.11. The highest BCUT2D eigenvalue weighted by molar-refractivity contribution is 5.75. The molecular formula is C32H20N4O4. The zero-order valence-corrected chi connectivity index (χ0v) is 21.0. The molecule has 0 bridgehead atoms. The molecular weight excluding hydrogens is 504 g/mol. The number of nitrogens with zero attached hydrogens (tertiary/aromatic N) is 4. The first-order valence-corrected chi connectivity index (χ1v) is 13.2. The summed E-state index contributed by atoms with van der Waals surface area (Å²) in [5, 5.41) is 0. The lowest BCUT2D eigenvalue weighted by molar-refractivity contribution is 0.130. The first-order valence-electron chi connectivity index (χ1n) is 13.2. The molecule has 0 spiro atoms. The Hall–Kier alpha value is -5.24. The summed E-state index contributed by atoms with van der Waals surface area (Å²) in [5.74, 6) is 1.17. The van der Waals surface area contributed by atoms with E-state index in [4.69, 9.17) is 37.6 Å². The molecule has 0 atom stereocenters. The second-order valence-electron chi connectivity index (χ2n) is 10.2. The summed E-state index contributed by atoms with van der Waals surface area (Å²) < 4.78 is 25.5. The quantitative estimate of drug-likeness (QED) is 0.231. The van der Waals surface area contributed by atoms with Crippen molar-refractivity contribution < 1.29 is 17.7 Å². The number of oxazole rings is 4. The lowest BCUT2D eigenvalue weighted by Crippen LogP contribution is -2.40. The lowest BCUT2D eigenvalue weighted by atomic mass is 9.56. The monoisotopic (exact) mass is 524 g/mol. The third-order valence-electron chi connectivity index (χ3n) is 7.93. The van der Waals surface area contributed by atoms with Crippen LogP contribution in [0.5, 0.6) is 0 Å². The summed E-state index contributed by atoms with van der Waals surface area (Å²) in [6, 6.07) is 31.0. The van der Waals surface area contributed by atoms with Crippen LogP contribution in [-0.4, -0.2) is 19.9 Å². The molecule has 0 aliphatic heterocycles. The van der Waals surface area contributed by atoms with E-state index < -0.39 is 0 Å². The predicted octanol–water partition coefficient (Wildman–Crippen LogP) is 7.70. The van der Waals surface area contributed by atoms with E-state index in [0.717, 1.165) is 44.4 Å². The van der Waals surface area contributed by atoms with Crippen LogP contribution >= 0.6 is 0 Å². The minimum atomic E-state index is -0.284. The van der Waals surface area contributed by atoms with E-state index in [1.165, 1.54) is 0 Å². The molecule has 40 heavy (non-hydrogen) atoms. The van der Waals surface area contributed by atoms with E-state index in [2.05, 4.69) is 0 Å². The Labute approximate surface area is 226 Å². The normalized spacial score (nSPS) is 21.0. The first kappa shape index (κ1) is 21.7. The molecule has 0 amide bonds. The first-order chi connectivity index (χ1) is 19.8. The predicted molar refractivity (Wildman–Crippen MR) is 147 cm³/mol. The average molecular weight is 525 g/mol. The number of para-hydroxylation sites is 8. The van der Waals surface area contributed by atoms with Gasteiger partial charge in [0.05, 0.1) is 23.7 Å². The van der Waals surface area contributed by atoms with Gasteiger partial charge in [-0.25, -0.2) is 19.9 Å². The van der Waals surface area contributed by atoms with Crippen molar-refractivity contribution in [1.29, 1.82) is 0 Å². The third kappa shape index (κ3) is 3.13. The molecule has 8 heteroatoms. The molecule has 4 aromatic heterocycles. The fourth-order valence-electron chi connectivity index (χ4n) is 6.11. The van der Waals surface area contributed by atoms with Crippen molar-refractivity contribution in [2.24, 2.45) is 0 Å². The van der Waals surface area contributed by atoms with E-state index in [0.29, 0.717) is 23.6 Å². The van der Waals surface area contributed by atoms with Gasteiger partial charge in [0.1, 0.15) is 22.1 Å². The van der Waals surface area contributed by atoms with Crippen LogP contribution in [0.3, 0.4) is 0 Å². The summed E-state index contributed by atoms with van der Waals surface area (Å²) in [6.45, 7) is 0. The van der Waals surface area contributed by atoms with Crippen molar-refractivity contribution in [3.05, 3.63) is 121 Å². The summed E-state index contributed by atoms with van der Waals surface area (Å²) >= 11 is 0. The van der Waals surface area contributed by atoms with Gasteiger partial charge in [-0.3, -0.25) is 0 Å². The molecule has 1 saturated carbocycles. The highest BCUT2D eigenvalue weighted by atomic mass is 16.4. The number of fused-ring (bicyclic) bond motifs is 4. The Morgan fingerprint density at radius 1 is 0.325 bits per heavy atom. The van der Waals surface area contributed by atoms with Gasteiger partial charge in [-0.1, -0.05) is 48.5 Å². The second kappa shape index (κ2) is 8.13. The molecule has 0 saturated heterocycles. The van der Waals surface area contributed by atoms with Gasteiger partial charge in [-0.05, 0) is 48.5 Å². The van der Waals surface area contributed by atoms with E-state index in [1.54, 1.807) is 0 Å². The highest BCUT2D eigenvalue weighted by Gasteiger charge is 2.61. The molecule has 1 aliphatic rings. The van der Waals surface area contributed by atoms with Gasteiger partial charge in [0.15, 0.2) is 45.9 Å². The van der Waals surface area contributed by atoms with Crippen molar-refractivity contribution in [3.8, 4) is 0 Å². The van der Waals surface area contributed by atoms with Crippen LogP contribution in [0, 0.1) is 0 Å². The van der Waals surface area contributed by atoms with Crippen LogP contribution in [0.2, 0.25) is 0 Å². The highest BCUT2D eigenvalue weighted by Crippen LogP contribution is 2.66. The molecule has 4 heterocycles. The summed E-state index contributed by atoms with van der Waals surface area (Å²) in [5.41, 5.74) is 6.02. The number of benzene rings is 4. The number of hydrogen-bond donors (Lipinski definition) is 0. The largest absolute Gasteiger partial charge is 0.440 e. The van der Waals surface area contributed by atoms with Crippen LogP contribution in [0.4, 0.5) is 0 Å². The van der Waals surface area contributed by atoms with E-state index in [1.807, 2.05) is 97.1 Å². The van der Waals surface area contributed by atoms with E-state index in [9.17, 15) is 0 Å². The fraction of sp³-hybridized carbons (Fsp3) is 0.125. The van der Waals surface area contributed by atoms with Crippen LogP contribution in [-0.2, 0) is 0 Å².